The van der Waals surface area contributed by atoms with E-state index < -0.39 is 0 Å². The van der Waals surface area contributed by atoms with Crippen LogP contribution in [0.2, 0.25) is 0 Å². The van der Waals surface area contributed by atoms with Crippen molar-refractivity contribution < 1.29 is 4.74 Å². The van der Waals surface area contributed by atoms with Crippen LogP contribution in [0.25, 0.3) is 0 Å². The quantitative estimate of drug-likeness (QED) is 0.674. The summed E-state index contributed by atoms with van der Waals surface area (Å²) in [5.74, 6) is 0.978. The highest BCUT2D eigenvalue weighted by Crippen LogP contribution is 2.26. The first kappa shape index (κ1) is 14.9. The van der Waals surface area contributed by atoms with Gasteiger partial charge in [0.1, 0.15) is 0 Å². The summed E-state index contributed by atoms with van der Waals surface area (Å²) in [4.78, 5) is 2.52. The van der Waals surface area contributed by atoms with Crippen LogP contribution in [-0.4, -0.2) is 44.8 Å². The van der Waals surface area contributed by atoms with Crippen molar-refractivity contribution in [2.75, 3.05) is 39.9 Å². The summed E-state index contributed by atoms with van der Waals surface area (Å²) >= 11 is 0. The molecule has 0 aromatic heterocycles. The molecule has 17 heavy (non-hydrogen) atoms. The first-order chi connectivity index (χ1) is 8.36. The van der Waals surface area contributed by atoms with E-state index in [1.165, 1.54) is 45.1 Å². The average Bonchev–Trinajstić information content (AvgIpc) is 2.39. The number of rotatable bonds is 9. The minimum Gasteiger partial charge on any atom is -0.383 e. The topological polar surface area (TPSA) is 38.5 Å². The summed E-state index contributed by atoms with van der Waals surface area (Å²) in [7, 11) is 1.78. The molecule has 0 saturated heterocycles. The van der Waals surface area contributed by atoms with Crippen LogP contribution in [0, 0.1) is 5.92 Å². The highest BCUT2D eigenvalue weighted by molar-refractivity contribution is 4.68. The molecule has 3 heteroatoms. The zero-order valence-corrected chi connectivity index (χ0v) is 11.5. The van der Waals surface area contributed by atoms with Crippen molar-refractivity contribution in [1.29, 1.82) is 0 Å². The lowest BCUT2D eigenvalue weighted by molar-refractivity contribution is 0.140. The molecule has 0 atom stereocenters. The van der Waals surface area contributed by atoms with Gasteiger partial charge < -0.3 is 15.4 Å². The average molecular weight is 242 g/mol. The summed E-state index contributed by atoms with van der Waals surface area (Å²) in [6.45, 7) is 5.06. The Morgan fingerprint density at radius 1 is 1.12 bits per heavy atom. The lowest BCUT2D eigenvalue weighted by atomic mass is 9.87. The normalized spacial score (nSPS) is 17.8. The van der Waals surface area contributed by atoms with Crippen molar-refractivity contribution in [2.24, 2.45) is 11.7 Å². The Morgan fingerprint density at radius 3 is 2.53 bits per heavy atom. The molecule has 0 unspecified atom stereocenters. The van der Waals surface area contributed by atoms with Gasteiger partial charge >= 0.3 is 0 Å². The first-order valence-corrected chi connectivity index (χ1v) is 7.28. The molecule has 1 rings (SSSR count). The van der Waals surface area contributed by atoms with Gasteiger partial charge in [-0.25, -0.2) is 0 Å². The van der Waals surface area contributed by atoms with Crippen molar-refractivity contribution >= 4 is 0 Å². The lowest BCUT2D eigenvalue weighted by Gasteiger charge is -2.26. The summed E-state index contributed by atoms with van der Waals surface area (Å²) < 4.78 is 5.17. The van der Waals surface area contributed by atoms with Gasteiger partial charge in [0.2, 0.25) is 0 Å². The molecule has 1 fully saturated rings. The van der Waals surface area contributed by atoms with E-state index >= 15 is 0 Å². The van der Waals surface area contributed by atoms with Crippen LogP contribution in [0.15, 0.2) is 0 Å². The molecule has 3 nitrogen and oxygen atoms in total. The van der Waals surface area contributed by atoms with E-state index in [0.717, 1.165) is 38.6 Å². The van der Waals surface area contributed by atoms with Gasteiger partial charge in [0.15, 0.2) is 0 Å². The maximum Gasteiger partial charge on any atom is 0.0589 e. The molecular weight excluding hydrogens is 212 g/mol. The Bertz CT molecular complexity index is 162. The van der Waals surface area contributed by atoms with E-state index in [1.807, 2.05) is 0 Å². The second kappa shape index (κ2) is 9.86. The maximum atomic E-state index is 5.59. The molecular formula is C14H30N2O. The molecule has 1 aliphatic rings. The lowest BCUT2D eigenvalue weighted by Crippen LogP contribution is -2.32. The van der Waals surface area contributed by atoms with Gasteiger partial charge in [-0.15, -0.1) is 0 Å². The van der Waals surface area contributed by atoms with Crippen LogP contribution in [-0.2, 0) is 4.74 Å². The Kier molecular flexibility index (Phi) is 8.67. The number of hydrogen-bond acceptors (Lipinski definition) is 3. The molecule has 0 spiro atoms. The van der Waals surface area contributed by atoms with Crippen LogP contribution in [0.1, 0.15) is 44.9 Å². The van der Waals surface area contributed by atoms with Gasteiger partial charge in [-0.2, -0.15) is 0 Å². The Hall–Kier alpha value is -0.120. The standard InChI is InChI=1S/C14H30N2O/c1-17-13-12-16(10-5-9-15)11-8-14-6-3-2-4-7-14/h14H,2-13,15H2,1H3. The zero-order valence-electron chi connectivity index (χ0n) is 11.5. The predicted octanol–water partition coefficient (Wildman–Crippen LogP) is 2.25. The van der Waals surface area contributed by atoms with Crippen molar-refractivity contribution in [3.05, 3.63) is 0 Å². The van der Waals surface area contributed by atoms with E-state index in [2.05, 4.69) is 4.90 Å². The van der Waals surface area contributed by atoms with Gasteiger partial charge in [-0.1, -0.05) is 32.1 Å². The SMILES string of the molecule is COCCN(CCCN)CCC1CCCCC1. The fraction of sp³-hybridized carbons (Fsp3) is 1.00. The van der Waals surface area contributed by atoms with Gasteiger partial charge in [-0.3, -0.25) is 0 Å². The van der Waals surface area contributed by atoms with E-state index in [0.29, 0.717) is 0 Å². The van der Waals surface area contributed by atoms with E-state index in [-0.39, 0.29) is 0 Å². The summed E-state index contributed by atoms with van der Waals surface area (Å²) in [5, 5.41) is 0. The largest absolute Gasteiger partial charge is 0.383 e. The van der Waals surface area contributed by atoms with Crippen LogP contribution < -0.4 is 5.73 Å². The minimum absolute atomic E-state index is 0.799. The van der Waals surface area contributed by atoms with Crippen LogP contribution in [0.4, 0.5) is 0 Å². The number of nitrogens with two attached hydrogens (primary N) is 1. The van der Waals surface area contributed by atoms with Crippen LogP contribution >= 0.6 is 0 Å². The highest BCUT2D eigenvalue weighted by Gasteiger charge is 2.14. The van der Waals surface area contributed by atoms with Gasteiger partial charge in [0.05, 0.1) is 6.61 Å². The molecule has 0 bridgehead atoms. The third kappa shape index (κ3) is 7.02. The third-order valence-electron chi connectivity index (χ3n) is 3.87. The minimum atomic E-state index is 0.799. The molecule has 1 aliphatic carbocycles. The molecule has 0 aromatic rings. The zero-order chi connectivity index (χ0) is 12.3. The second-order valence-corrected chi connectivity index (χ2v) is 5.27. The van der Waals surface area contributed by atoms with E-state index in [1.54, 1.807) is 7.11 Å². The molecule has 2 N–H and O–H groups in total. The third-order valence-corrected chi connectivity index (χ3v) is 3.87. The highest BCUT2D eigenvalue weighted by atomic mass is 16.5. The summed E-state index contributed by atoms with van der Waals surface area (Å²) in [6, 6.07) is 0. The van der Waals surface area contributed by atoms with Gasteiger partial charge in [0, 0.05) is 13.7 Å². The number of methoxy groups -OCH3 is 1. The van der Waals surface area contributed by atoms with Crippen LogP contribution in [0.5, 0.6) is 0 Å². The van der Waals surface area contributed by atoms with E-state index in [9.17, 15) is 0 Å². The number of ether oxygens (including phenoxy) is 1. The Labute approximate surface area is 107 Å². The molecule has 102 valence electrons. The first-order valence-electron chi connectivity index (χ1n) is 7.28. The molecule has 1 saturated carbocycles. The number of nitrogens with zero attached hydrogens (tertiary/aromatic N) is 1. The summed E-state index contributed by atoms with van der Waals surface area (Å²) in [6.07, 6.45) is 9.74. The Morgan fingerprint density at radius 2 is 1.88 bits per heavy atom. The smallest absolute Gasteiger partial charge is 0.0589 e. The molecule has 0 heterocycles. The van der Waals surface area contributed by atoms with Crippen molar-refractivity contribution in [1.82, 2.24) is 4.90 Å². The fourth-order valence-electron chi connectivity index (χ4n) is 2.71. The van der Waals surface area contributed by atoms with Crippen molar-refractivity contribution in [2.45, 2.75) is 44.9 Å². The molecule has 0 amide bonds. The van der Waals surface area contributed by atoms with E-state index in [4.69, 9.17) is 10.5 Å². The predicted molar refractivity (Wildman–Crippen MR) is 73.2 cm³/mol. The molecule has 0 aromatic carbocycles. The fourth-order valence-corrected chi connectivity index (χ4v) is 2.71. The maximum absolute atomic E-state index is 5.59. The molecule has 0 radical (unpaired) electrons. The molecule has 0 aliphatic heterocycles. The second-order valence-electron chi connectivity index (χ2n) is 5.27. The number of hydrogen-bond donors (Lipinski definition) is 1. The van der Waals surface area contributed by atoms with Gasteiger partial charge in [0.25, 0.3) is 0 Å². The monoisotopic (exact) mass is 242 g/mol. The van der Waals surface area contributed by atoms with Crippen molar-refractivity contribution in [3.63, 3.8) is 0 Å². The summed E-state index contributed by atoms with van der Waals surface area (Å²) in [5.41, 5.74) is 5.59. The van der Waals surface area contributed by atoms with Gasteiger partial charge in [-0.05, 0) is 38.4 Å². The van der Waals surface area contributed by atoms with Crippen molar-refractivity contribution in [3.8, 4) is 0 Å². The van der Waals surface area contributed by atoms with Crippen LogP contribution in [0.3, 0.4) is 0 Å². The Balaban J connectivity index is 2.16.